The van der Waals surface area contributed by atoms with E-state index in [-0.39, 0.29) is 6.04 Å². The summed E-state index contributed by atoms with van der Waals surface area (Å²) in [6, 6.07) is 2.12. The maximum absolute atomic E-state index is 12.8. The minimum atomic E-state index is -3.41. The number of nitrogens with zero attached hydrogens (tertiary/aromatic N) is 1. The molecule has 0 amide bonds. The van der Waals surface area contributed by atoms with E-state index in [1.54, 1.807) is 7.05 Å². The first-order chi connectivity index (χ1) is 8.76. The van der Waals surface area contributed by atoms with Gasteiger partial charge in [0.25, 0.3) is 0 Å². The Morgan fingerprint density at radius 1 is 1.11 bits per heavy atom. The van der Waals surface area contributed by atoms with Gasteiger partial charge in [0.1, 0.15) is 0 Å². The molecule has 1 aliphatic heterocycles. The molecule has 0 saturated carbocycles. The molecule has 0 atom stereocenters. The quantitative estimate of drug-likeness (QED) is 0.914. The topological polar surface area (TPSA) is 49.4 Å². The van der Waals surface area contributed by atoms with Crippen LogP contribution in [0.1, 0.15) is 22.3 Å². The van der Waals surface area contributed by atoms with Gasteiger partial charge in [-0.1, -0.05) is 6.07 Å². The van der Waals surface area contributed by atoms with E-state index in [1.807, 2.05) is 27.7 Å². The number of nitrogens with one attached hydrogen (secondary N) is 1. The van der Waals surface area contributed by atoms with Crippen molar-refractivity contribution in [1.82, 2.24) is 9.62 Å². The van der Waals surface area contributed by atoms with Crippen molar-refractivity contribution >= 4 is 10.0 Å². The zero-order chi connectivity index (χ0) is 14.4. The first-order valence-electron chi connectivity index (χ1n) is 6.53. The molecule has 19 heavy (non-hydrogen) atoms. The molecule has 1 aromatic rings. The Bertz CT molecular complexity index is 578. The summed E-state index contributed by atoms with van der Waals surface area (Å²) >= 11 is 0. The van der Waals surface area contributed by atoms with Crippen molar-refractivity contribution in [3.8, 4) is 0 Å². The van der Waals surface area contributed by atoms with E-state index >= 15 is 0 Å². The van der Waals surface area contributed by atoms with Gasteiger partial charge in [0.15, 0.2) is 0 Å². The van der Waals surface area contributed by atoms with E-state index in [1.165, 1.54) is 4.31 Å². The third-order valence-electron chi connectivity index (χ3n) is 4.21. The maximum Gasteiger partial charge on any atom is 0.243 e. The number of likely N-dealkylation sites (N-methyl/N-ethyl adjacent to an activating group) is 1. The summed E-state index contributed by atoms with van der Waals surface area (Å²) in [5, 5.41) is 3.11. The van der Waals surface area contributed by atoms with Gasteiger partial charge in [-0.25, -0.2) is 8.42 Å². The van der Waals surface area contributed by atoms with E-state index < -0.39 is 10.0 Å². The molecule has 5 heteroatoms. The van der Waals surface area contributed by atoms with Crippen LogP contribution in [-0.4, -0.2) is 38.9 Å². The van der Waals surface area contributed by atoms with Crippen LogP contribution in [0.25, 0.3) is 0 Å². The van der Waals surface area contributed by atoms with Gasteiger partial charge in [-0.2, -0.15) is 4.31 Å². The Balaban J connectivity index is 2.57. The van der Waals surface area contributed by atoms with Crippen molar-refractivity contribution in [3.63, 3.8) is 0 Å². The molecule has 1 aromatic carbocycles. The van der Waals surface area contributed by atoms with Crippen LogP contribution >= 0.6 is 0 Å². The summed E-state index contributed by atoms with van der Waals surface area (Å²) in [5.74, 6) is 0. The van der Waals surface area contributed by atoms with Crippen molar-refractivity contribution < 1.29 is 8.42 Å². The second-order valence-corrected chi connectivity index (χ2v) is 7.36. The SMILES string of the molecule is Cc1cc(C)c(C)c(S(=O)(=O)N(C)C2CNC2)c1C. The van der Waals surface area contributed by atoms with Gasteiger partial charge in [0, 0.05) is 26.2 Å². The van der Waals surface area contributed by atoms with Gasteiger partial charge in [-0.3, -0.25) is 0 Å². The van der Waals surface area contributed by atoms with Crippen LogP contribution in [0.5, 0.6) is 0 Å². The van der Waals surface area contributed by atoms with Crippen LogP contribution in [0, 0.1) is 27.7 Å². The van der Waals surface area contributed by atoms with Crippen LogP contribution in [0.2, 0.25) is 0 Å². The number of aryl methyl sites for hydroxylation is 2. The Labute approximate surface area is 115 Å². The lowest BCUT2D eigenvalue weighted by atomic mass is 10.0. The predicted octanol–water partition coefficient (Wildman–Crippen LogP) is 1.51. The zero-order valence-electron chi connectivity index (χ0n) is 12.2. The van der Waals surface area contributed by atoms with Crippen molar-refractivity contribution in [1.29, 1.82) is 0 Å². The Kier molecular flexibility index (Phi) is 3.73. The number of benzene rings is 1. The molecular weight excluding hydrogens is 260 g/mol. The number of hydrogen-bond donors (Lipinski definition) is 1. The average Bonchev–Trinajstić information content (AvgIpc) is 2.24. The van der Waals surface area contributed by atoms with E-state index in [0.29, 0.717) is 4.90 Å². The van der Waals surface area contributed by atoms with Crippen molar-refractivity contribution in [3.05, 3.63) is 28.3 Å². The van der Waals surface area contributed by atoms with Gasteiger partial charge < -0.3 is 5.32 Å². The smallest absolute Gasteiger partial charge is 0.243 e. The van der Waals surface area contributed by atoms with E-state index in [4.69, 9.17) is 0 Å². The van der Waals surface area contributed by atoms with Crippen LogP contribution in [0.15, 0.2) is 11.0 Å². The van der Waals surface area contributed by atoms with Crippen molar-refractivity contribution in [2.24, 2.45) is 0 Å². The third-order valence-corrected chi connectivity index (χ3v) is 6.39. The minimum absolute atomic E-state index is 0.0737. The Morgan fingerprint density at radius 2 is 1.58 bits per heavy atom. The molecule has 0 aromatic heterocycles. The highest BCUT2D eigenvalue weighted by Gasteiger charge is 2.34. The van der Waals surface area contributed by atoms with Crippen LogP contribution in [0.4, 0.5) is 0 Å². The molecule has 0 unspecified atom stereocenters. The maximum atomic E-state index is 12.8. The molecule has 1 N–H and O–H groups in total. The van der Waals surface area contributed by atoms with E-state index in [0.717, 1.165) is 35.3 Å². The number of rotatable bonds is 3. The molecule has 106 valence electrons. The first kappa shape index (κ1) is 14.5. The normalized spacial score (nSPS) is 16.7. The van der Waals surface area contributed by atoms with E-state index in [9.17, 15) is 8.42 Å². The molecule has 0 bridgehead atoms. The molecular formula is C14H22N2O2S. The molecule has 0 aliphatic carbocycles. The lowest BCUT2D eigenvalue weighted by molar-refractivity contribution is 0.274. The summed E-state index contributed by atoms with van der Waals surface area (Å²) in [4.78, 5) is 0.486. The largest absolute Gasteiger partial charge is 0.313 e. The third kappa shape index (κ3) is 2.30. The lowest BCUT2D eigenvalue weighted by Crippen LogP contribution is -2.57. The lowest BCUT2D eigenvalue weighted by Gasteiger charge is -2.35. The van der Waals surface area contributed by atoms with Gasteiger partial charge in [0.2, 0.25) is 10.0 Å². The first-order valence-corrected chi connectivity index (χ1v) is 7.97. The summed E-state index contributed by atoms with van der Waals surface area (Å²) in [6.07, 6.45) is 0. The molecule has 1 saturated heterocycles. The predicted molar refractivity (Wildman–Crippen MR) is 77.0 cm³/mol. The molecule has 4 nitrogen and oxygen atoms in total. The number of sulfonamides is 1. The summed E-state index contributed by atoms with van der Waals surface area (Å²) < 4.78 is 27.1. The minimum Gasteiger partial charge on any atom is -0.313 e. The highest BCUT2D eigenvalue weighted by Crippen LogP contribution is 2.29. The molecule has 1 aliphatic rings. The van der Waals surface area contributed by atoms with Crippen molar-refractivity contribution in [2.45, 2.75) is 38.6 Å². The van der Waals surface area contributed by atoms with Crippen molar-refractivity contribution in [2.75, 3.05) is 20.1 Å². The molecule has 0 spiro atoms. The average molecular weight is 282 g/mol. The summed E-state index contributed by atoms with van der Waals surface area (Å²) in [6.45, 7) is 9.18. The fraction of sp³-hybridized carbons (Fsp3) is 0.571. The fourth-order valence-corrected chi connectivity index (χ4v) is 4.36. The van der Waals surface area contributed by atoms with Gasteiger partial charge in [-0.05, 0) is 49.9 Å². The Hall–Kier alpha value is -0.910. The van der Waals surface area contributed by atoms with Gasteiger partial charge >= 0.3 is 0 Å². The van der Waals surface area contributed by atoms with Crippen LogP contribution < -0.4 is 5.32 Å². The van der Waals surface area contributed by atoms with Gasteiger partial charge in [0.05, 0.1) is 4.90 Å². The second-order valence-electron chi connectivity index (χ2n) is 5.42. The van der Waals surface area contributed by atoms with E-state index in [2.05, 4.69) is 11.4 Å². The summed E-state index contributed by atoms with van der Waals surface area (Å²) in [5.41, 5.74) is 3.79. The molecule has 1 heterocycles. The second kappa shape index (κ2) is 4.89. The highest BCUT2D eigenvalue weighted by molar-refractivity contribution is 7.89. The van der Waals surface area contributed by atoms with Crippen LogP contribution in [0.3, 0.4) is 0 Å². The zero-order valence-corrected chi connectivity index (χ0v) is 13.1. The fourth-order valence-electron chi connectivity index (χ4n) is 2.44. The highest BCUT2D eigenvalue weighted by atomic mass is 32.2. The standard InChI is InChI=1S/C14H22N2O2S/c1-9-6-10(2)12(4)14(11(9)3)19(17,18)16(5)13-7-15-8-13/h6,13,15H,7-8H2,1-5H3. The van der Waals surface area contributed by atoms with Crippen LogP contribution in [-0.2, 0) is 10.0 Å². The summed E-state index contributed by atoms with van der Waals surface area (Å²) in [7, 11) is -1.73. The monoisotopic (exact) mass is 282 g/mol. The Morgan fingerprint density at radius 3 is 1.95 bits per heavy atom. The number of hydrogen-bond acceptors (Lipinski definition) is 3. The van der Waals surface area contributed by atoms with Gasteiger partial charge in [-0.15, -0.1) is 0 Å². The molecule has 0 radical (unpaired) electrons. The molecule has 1 fully saturated rings. The molecule has 2 rings (SSSR count).